The highest BCUT2D eigenvalue weighted by Gasteiger charge is 2.31. The van der Waals surface area contributed by atoms with Crippen LogP contribution in [0.25, 0.3) is 11.1 Å². The molecule has 114 valence electrons. The number of hydrogen-bond donors (Lipinski definition) is 2. The molecular formula is C16H22N2O3. The number of oxazole rings is 1. The summed E-state index contributed by atoms with van der Waals surface area (Å²) in [5.41, 5.74) is 2.53. The molecule has 21 heavy (non-hydrogen) atoms. The minimum atomic E-state index is -0.401. The fourth-order valence-electron chi connectivity index (χ4n) is 3.17. The smallest absolute Gasteiger partial charge is 0.408 e. The number of aromatic nitrogens is 1. The van der Waals surface area contributed by atoms with Gasteiger partial charge in [-0.15, -0.1) is 0 Å². The maximum absolute atomic E-state index is 11.2. The number of hydrogen-bond acceptors (Lipinski definition) is 4. The van der Waals surface area contributed by atoms with Crippen molar-refractivity contribution in [2.45, 2.75) is 38.3 Å². The van der Waals surface area contributed by atoms with Gasteiger partial charge in [-0.3, -0.25) is 4.98 Å². The number of aromatic amines is 1. The van der Waals surface area contributed by atoms with Crippen molar-refractivity contribution in [1.82, 2.24) is 10.3 Å². The Bertz CT molecular complexity index is 655. The van der Waals surface area contributed by atoms with Crippen LogP contribution in [0.3, 0.4) is 0 Å². The van der Waals surface area contributed by atoms with E-state index in [-0.39, 0.29) is 6.04 Å². The molecule has 1 unspecified atom stereocenters. The summed E-state index contributed by atoms with van der Waals surface area (Å²) < 4.78 is 10.8. The van der Waals surface area contributed by atoms with Crippen molar-refractivity contribution in [2.24, 2.45) is 5.92 Å². The van der Waals surface area contributed by atoms with Gasteiger partial charge in [0.25, 0.3) is 0 Å². The number of H-pyrrole nitrogens is 1. The lowest BCUT2D eigenvalue weighted by Crippen LogP contribution is -2.34. The molecule has 1 aliphatic carbocycles. The molecule has 1 aromatic carbocycles. The van der Waals surface area contributed by atoms with Crippen LogP contribution in [0.15, 0.2) is 27.4 Å². The quantitative estimate of drug-likeness (QED) is 0.858. The summed E-state index contributed by atoms with van der Waals surface area (Å²) in [7, 11) is 1.97. The second-order valence-corrected chi connectivity index (χ2v) is 5.76. The van der Waals surface area contributed by atoms with Crippen LogP contribution in [0, 0.1) is 5.92 Å². The van der Waals surface area contributed by atoms with Gasteiger partial charge in [-0.1, -0.05) is 6.07 Å². The van der Waals surface area contributed by atoms with Crippen molar-refractivity contribution >= 4 is 11.1 Å². The Morgan fingerprint density at radius 3 is 3.00 bits per heavy atom. The van der Waals surface area contributed by atoms with E-state index in [9.17, 15) is 4.79 Å². The van der Waals surface area contributed by atoms with Gasteiger partial charge in [-0.05, 0) is 56.8 Å². The van der Waals surface area contributed by atoms with E-state index in [1.807, 2.05) is 32.2 Å². The monoisotopic (exact) mass is 290 g/mol. The molecule has 5 nitrogen and oxygen atoms in total. The molecule has 1 aliphatic rings. The summed E-state index contributed by atoms with van der Waals surface area (Å²) in [5, 5.41) is 3.36. The molecule has 5 heteroatoms. The number of fused-ring (bicyclic) bond motifs is 1. The van der Waals surface area contributed by atoms with Crippen LogP contribution in [-0.2, 0) is 4.74 Å². The predicted octanol–water partition coefficient (Wildman–Crippen LogP) is 2.59. The fraction of sp³-hybridized carbons (Fsp3) is 0.562. The number of ether oxygens (including phenoxy) is 1. The second kappa shape index (κ2) is 6.03. The fourth-order valence-corrected chi connectivity index (χ4v) is 3.17. The third-order valence-corrected chi connectivity index (χ3v) is 4.36. The zero-order valence-corrected chi connectivity index (χ0v) is 12.5. The van der Waals surface area contributed by atoms with Gasteiger partial charge in [0.05, 0.1) is 11.6 Å². The normalized spacial score (nSPS) is 23.1. The van der Waals surface area contributed by atoms with Crippen LogP contribution in [-0.4, -0.2) is 24.7 Å². The molecule has 2 N–H and O–H groups in total. The van der Waals surface area contributed by atoms with E-state index in [4.69, 9.17) is 9.15 Å². The Balaban J connectivity index is 1.68. The zero-order chi connectivity index (χ0) is 14.8. The Morgan fingerprint density at radius 1 is 1.48 bits per heavy atom. The molecule has 3 rings (SSSR count). The van der Waals surface area contributed by atoms with Gasteiger partial charge in [0.1, 0.15) is 0 Å². The Kier molecular flexibility index (Phi) is 4.12. The van der Waals surface area contributed by atoms with E-state index >= 15 is 0 Å². The standard InChI is InChI=1S/C16H22N2O3/c1-3-20-12-6-10(7-12)8-14(17-2)11-4-5-13-15(9-11)21-16(19)18-13/h4-5,9-10,12,14,17H,3,6-8H2,1-2H3,(H,18,19). The molecule has 0 aliphatic heterocycles. The zero-order valence-electron chi connectivity index (χ0n) is 12.5. The van der Waals surface area contributed by atoms with E-state index in [1.165, 1.54) is 0 Å². The summed E-state index contributed by atoms with van der Waals surface area (Å²) in [6, 6.07) is 6.19. The third-order valence-electron chi connectivity index (χ3n) is 4.36. The van der Waals surface area contributed by atoms with Gasteiger partial charge in [-0.25, -0.2) is 4.79 Å². The Morgan fingerprint density at radius 2 is 2.29 bits per heavy atom. The van der Waals surface area contributed by atoms with Crippen molar-refractivity contribution in [3.63, 3.8) is 0 Å². The molecule has 0 spiro atoms. The first kappa shape index (κ1) is 14.4. The summed E-state index contributed by atoms with van der Waals surface area (Å²) in [6.45, 7) is 2.85. The van der Waals surface area contributed by atoms with E-state index in [2.05, 4.69) is 10.3 Å². The van der Waals surface area contributed by atoms with Crippen LogP contribution in [0.2, 0.25) is 0 Å². The summed E-state index contributed by atoms with van der Waals surface area (Å²) in [6.07, 6.45) is 3.82. The first-order valence-corrected chi connectivity index (χ1v) is 7.61. The lowest BCUT2D eigenvalue weighted by Gasteiger charge is -2.37. The van der Waals surface area contributed by atoms with E-state index in [0.717, 1.165) is 36.9 Å². The Hall–Kier alpha value is -1.59. The minimum absolute atomic E-state index is 0.280. The maximum atomic E-state index is 11.2. The molecular weight excluding hydrogens is 268 g/mol. The first-order chi connectivity index (χ1) is 10.2. The molecule has 0 saturated heterocycles. The van der Waals surface area contributed by atoms with Crippen LogP contribution in [0.4, 0.5) is 0 Å². The van der Waals surface area contributed by atoms with E-state index < -0.39 is 5.76 Å². The number of nitrogens with one attached hydrogen (secondary N) is 2. The van der Waals surface area contributed by atoms with Crippen molar-refractivity contribution in [3.05, 3.63) is 34.3 Å². The second-order valence-electron chi connectivity index (χ2n) is 5.76. The topological polar surface area (TPSA) is 67.3 Å². The number of benzene rings is 1. The van der Waals surface area contributed by atoms with Crippen LogP contribution in [0.1, 0.15) is 37.8 Å². The van der Waals surface area contributed by atoms with Crippen molar-refractivity contribution in [3.8, 4) is 0 Å². The molecule has 0 bridgehead atoms. The van der Waals surface area contributed by atoms with Gasteiger partial charge >= 0.3 is 5.76 Å². The lowest BCUT2D eigenvalue weighted by atomic mass is 9.77. The average molecular weight is 290 g/mol. The molecule has 0 radical (unpaired) electrons. The van der Waals surface area contributed by atoms with Gasteiger partial charge in [-0.2, -0.15) is 0 Å². The van der Waals surface area contributed by atoms with E-state index in [1.54, 1.807) is 0 Å². The molecule has 2 aromatic rings. The van der Waals surface area contributed by atoms with Gasteiger partial charge in [0.2, 0.25) is 0 Å². The van der Waals surface area contributed by atoms with Crippen molar-refractivity contribution in [1.29, 1.82) is 0 Å². The predicted molar refractivity (Wildman–Crippen MR) is 81.4 cm³/mol. The molecule has 1 heterocycles. The largest absolute Gasteiger partial charge is 0.417 e. The summed E-state index contributed by atoms with van der Waals surface area (Å²) in [5.74, 6) is 0.301. The summed E-state index contributed by atoms with van der Waals surface area (Å²) >= 11 is 0. The molecule has 1 atom stereocenters. The summed E-state index contributed by atoms with van der Waals surface area (Å²) in [4.78, 5) is 13.9. The average Bonchev–Trinajstić information content (AvgIpc) is 2.80. The van der Waals surface area contributed by atoms with E-state index in [0.29, 0.717) is 17.6 Å². The first-order valence-electron chi connectivity index (χ1n) is 7.61. The molecule has 1 aromatic heterocycles. The van der Waals surface area contributed by atoms with Gasteiger partial charge < -0.3 is 14.5 Å². The molecule has 0 amide bonds. The number of rotatable bonds is 6. The van der Waals surface area contributed by atoms with Gasteiger partial charge in [0, 0.05) is 12.6 Å². The maximum Gasteiger partial charge on any atom is 0.417 e. The highest BCUT2D eigenvalue weighted by atomic mass is 16.5. The van der Waals surface area contributed by atoms with Crippen molar-refractivity contribution < 1.29 is 9.15 Å². The Labute approximate surface area is 123 Å². The van der Waals surface area contributed by atoms with Crippen LogP contribution < -0.4 is 11.1 Å². The lowest BCUT2D eigenvalue weighted by molar-refractivity contribution is -0.0289. The highest BCUT2D eigenvalue weighted by molar-refractivity contribution is 5.72. The third kappa shape index (κ3) is 3.04. The van der Waals surface area contributed by atoms with Crippen LogP contribution in [0.5, 0.6) is 0 Å². The highest BCUT2D eigenvalue weighted by Crippen LogP contribution is 2.37. The SMILES string of the molecule is CCOC1CC(CC(NC)c2ccc3[nH]c(=O)oc3c2)C1. The van der Waals surface area contributed by atoms with Crippen LogP contribution >= 0.6 is 0 Å². The van der Waals surface area contributed by atoms with Gasteiger partial charge in [0.15, 0.2) is 5.58 Å². The van der Waals surface area contributed by atoms with Crippen molar-refractivity contribution in [2.75, 3.05) is 13.7 Å². The minimum Gasteiger partial charge on any atom is -0.408 e. The molecule has 1 fully saturated rings. The molecule has 1 saturated carbocycles.